The number of amides is 1. The summed E-state index contributed by atoms with van der Waals surface area (Å²) in [6.07, 6.45) is -0.590. The normalized spacial score (nSPS) is 10.2. The molecule has 0 fully saturated rings. The molecule has 1 N–H and O–H groups in total. The topological polar surface area (TPSA) is 64.6 Å². The summed E-state index contributed by atoms with van der Waals surface area (Å²) in [7, 11) is 0. The van der Waals surface area contributed by atoms with Crippen molar-refractivity contribution in [2.45, 2.75) is 20.5 Å². The zero-order chi connectivity index (χ0) is 19.9. The molecule has 0 unspecified atom stereocenters. The van der Waals surface area contributed by atoms with E-state index in [1.54, 1.807) is 24.3 Å². The first-order chi connectivity index (χ1) is 13.5. The maximum atomic E-state index is 12.1. The van der Waals surface area contributed by atoms with Crippen molar-refractivity contribution in [3.05, 3.63) is 95.1 Å². The van der Waals surface area contributed by atoms with Crippen molar-refractivity contribution in [3.63, 3.8) is 0 Å². The van der Waals surface area contributed by atoms with Crippen LogP contribution in [0, 0.1) is 13.8 Å². The Balaban J connectivity index is 1.55. The highest BCUT2D eigenvalue weighted by atomic mass is 16.6. The Kier molecular flexibility index (Phi) is 6.07. The lowest BCUT2D eigenvalue weighted by molar-refractivity contribution is 0.0472. The highest BCUT2D eigenvalue weighted by Crippen LogP contribution is 2.18. The lowest BCUT2D eigenvalue weighted by atomic mass is 10.1. The fourth-order valence-electron chi connectivity index (χ4n) is 2.58. The van der Waals surface area contributed by atoms with Gasteiger partial charge in [-0.1, -0.05) is 42.5 Å². The van der Waals surface area contributed by atoms with E-state index >= 15 is 0 Å². The molecule has 0 heterocycles. The zero-order valence-electron chi connectivity index (χ0n) is 15.8. The average Bonchev–Trinajstić information content (AvgIpc) is 2.70. The summed E-state index contributed by atoms with van der Waals surface area (Å²) in [6.45, 7) is 4.06. The molecule has 0 aromatic heterocycles. The largest absolute Gasteiger partial charge is 0.457 e. The van der Waals surface area contributed by atoms with Crippen molar-refractivity contribution in [1.29, 1.82) is 0 Å². The number of anilines is 1. The van der Waals surface area contributed by atoms with Crippen molar-refractivity contribution in [3.8, 4) is 5.75 Å². The molecule has 0 saturated heterocycles. The summed E-state index contributed by atoms with van der Waals surface area (Å²) in [5.41, 5.74) is 3.99. The van der Waals surface area contributed by atoms with Crippen molar-refractivity contribution < 1.29 is 19.1 Å². The molecular weight excluding hydrogens is 354 g/mol. The first-order valence-electron chi connectivity index (χ1n) is 8.88. The SMILES string of the molecule is Cc1ccc(C)c(NC(=O)Oc2ccc(C(=O)OCc3ccccc3)cc2)c1. The monoisotopic (exact) mass is 375 g/mol. The summed E-state index contributed by atoms with van der Waals surface area (Å²) in [5, 5.41) is 2.72. The number of benzene rings is 3. The van der Waals surface area contributed by atoms with E-state index in [0.717, 1.165) is 16.7 Å². The Bertz CT molecular complexity index is 966. The van der Waals surface area contributed by atoms with E-state index in [1.165, 1.54) is 0 Å². The zero-order valence-corrected chi connectivity index (χ0v) is 15.8. The molecule has 3 aromatic carbocycles. The van der Waals surface area contributed by atoms with Crippen LogP contribution in [-0.2, 0) is 11.3 Å². The van der Waals surface area contributed by atoms with Gasteiger partial charge in [-0.15, -0.1) is 0 Å². The molecule has 1 amide bonds. The van der Waals surface area contributed by atoms with Gasteiger partial charge in [0.2, 0.25) is 0 Å². The lowest BCUT2D eigenvalue weighted by Crippen LogP contribution is -2.17. The van der Waals surface area contributed by atoms with Crippen LogP contribution in [0.2, 0.25) is 0 Å². The van der Waals surface area contributed by atoms with Gasteiger partial charge in [-0.2, -0.15) is 0 Å². The van der Waals surface area contributed by atoms with E-state index < -0.39 is 12.1 Å². The quantitative estimate of drug-likeness (QED) is 0.617. The van der Waals surface area contributed by atoms with Gasteiger partial charge in [0, 0.05) is 5.69 Å². The van der Waals surface area contributed by atoms with Gasteiger partial charge in [0.05, 0.1) is 5.56 Å². The van der Waals surface area contributed by atoms with Crippen LogP contribution in [0.5, 0.6) is 5.75 Å². The molecule has 3 rings (SSSR count). The number of hydrogen-bond donors (Lipinski definition) is 1. The van der Waals surface area contributed by atoms with Gasteiger partial charge >= 0.3 is 12.1 Å². The Morgan fingerprint density at radius 3 is 2.32 bits per heavy atom. The van der Waals surface area contributed by atoms with Crippen LogP contribution in [-0.4, -0.2) is 12.1 Å². The maximum absolute atomic E-state index is 12.1. The number of ether oxygens (including phenoxy) is 2. The van der Waals surface area contributed by atoms with Crippen LogP contribution >= 0.6 is 0 Å². The van der Waals surface area contributed by atoms with Gasteiger partial charge in [0.25, 0.3) is 0 Å². The third-order valence-corrected chi connectivity index (χ3v) is 4.14. The van der Waals surface area contributed by atoms with E-state index in [4.69, 9.17) is 9.47 Å². The molecule has 0 bridgehead atoms. The molecule has 5 nitrogen and oxygen atoms in total. The van der Waals surface area contributed by atoms with E-state index in [2.05, 4.69) is 5.32 Å². The van der Waals surface area contributed by atoms with Crippen molar-refractivity contribution in [2.75, 3.05) is 5.32 Å². The Hall–Kier alpha value is -3.60. The predicted octanol–water partition coefficient (Wildman–Crippen LogP) is 5.27. The Morgan fingerprint density at radius 1 is 0.893 bits per heavy atom. The molecule has 28 heavy (non-hydrogen) atoms. The summed E-state index contributed by atoms with van der Waals surface area (Å²) in [5.74, 6) is -0.0994. The van der Waals surface area contributed by atoms with Gasteiger partial charge < -0.3 is 9.47 Å². The first-order valence-corrected chi connectivity index (χ1v) is 8.88. The van der Waals surface area contributed by atoms with E-state index in [-0.39, 0.29) is 6.61 Å². The molecule has 142 valence electrons. The molecule has 0 saturated carbocycles. The summed E-state index contributed by atoms with van der Waals surface area (Å²) in [4.78, 5) is 24.2. The Labute approximate surface area is 163 Å². The van der Waals surface area contributed by atoms with Crippen molar-refractivity contribution >= 4 is 17.7 Å². The van der Waals surface area contributed by atoms with Gasteiger partial charge in [0.15, 0.2) is 0 Å². The van der Waals surface area contributed by atoms with Crippen LogP contribution in [0.4, 0.5) is 10.5 Å². The van der Waals surface area contributed by atoms with Gasteiger partial charge in [-0.05, 0) is 60.9 Å². The Morgan fingerprint density at radius 2 is 1.61 bits per heavy atom. The second-order valence-corrected chi connectivity index (χ2v) is 6.42. The number of aryl methyl sites for hydroxylation is 2. The van der Waals surface area contributed by atoms with Crippen LogP contribution < -0.4 is 10.1 Å². The van der Waals surface area contributed by atoms with E-state index in [1.807, 2.05) is 62.4 Å². The molecule has 0 atom stereocenters. The number of rotatable bonds is 5. The molecule has 3 aromatic rings. The minimum absolute atomic E-state index is 0.205. The third kappa shape index (κ3) is 5.20. The molecule has 0 aliphatic carbocycles. The van der Waals surface area contributed by atoms with Crippen LogP contribution in [0.25, 0.3) is 0 Å². The number of hydrogen-bond acceptors (Lipinski definition) is 4. The number of nitrogens with one attached hydrogen (secondary N) is 1. The van der Waals surface area contributed by atoms with E-state index in [0.29, 0.717) is 17.0 Å². The summed E-state index contributed by atoms with van der Waals surface area (Å²) < 4.78 is 10.6. The number of carbonyl (C=O) groups excluding carboxylic acids is 2. The molecule has 0 radical (unpaired) electrons. The second-order valence-electron chi connectivity index (χ2n) is 6.42. The minimum atomic E-state index is -0.590. The van der Waals surface area contributed by atoms with Crippen molar-refractivity contribution in [2.24, 2.45) is 0 Å². The third-order valence-electron chi connectivity index (χ3n) is 4.14. The first kappa shape index (κ1) is 19.2. The molecule has 0 aliphatic heterocycles. The van der Waals surface area contributed by atoms with Gasteiger partial charge in [0.1, 0.15) is 12.4 Å². The van der Waals surface area contributed by atoms with Crippen LogP contribution in [0.3, 0.4) is 0 Å². The fraction of sp³-hybridized carbons (Fsp3) is 0.130. The highest BCUT2D eigenvalue weighted by Gasteiger charge is 2.10. The van der Waals surface area contributed by atoms with E-state index in [9.17, 15) is 9.59 Å². The summed E-state index contributed by atoms with van der Waals surface area (Å²) in [6, 6.07) is 21.5. The highest BCUT2D eigenvalue weighted by molar-refractivity contribution is 5.90. The van der Waals surface area contributed by atoms with Gasteiger partial charge in [-0.25, -0.2) is 9.59 Å². The second kappa shape index (κ2) is 8.86. The maximum Gasteiger partial charge on any atom is 0.417 e. The van der Waals surface area contributed by atoms with Crippen LogP contribution in [0.15, 0.2) is 72.8 Å². The number of carbonyl (C=O) groups is 2. The fourth-order valence-corrected chi connectivity index (χ4v) is 2.58. The molecule has 5 heteroatoms. The molecule has 0 aliphatic rings. The molecule has 0 spiro atoms. The minimum Gasteiger partial charge on any atom is -0.457 e. The number of esters is 1. The van der Waals surface area contributed by atoms with Crippen LogP contribution in [0.1, 0.15) is 27.0 Å². The van der Waals surface area contributed by atoms with Crippen molar-refractivity contribution in [1.82, 2.24) is 0 Å². The summed E-state index contributed by atoms with van der Waals surface area (Å²) >= 11 is 0. The average molecular weight is 375 g/mol. The van der Waals surface area contributed by atoms with Gasteiger partial charge in [-0.3, -0.25) is 5.32 Å². The standard InChI is InChI=1S/C23H21NO4/c1-16-8-9-17(2)21(14-16)24-23(26)28-20-12-10-19(11-13-20)22(25)27-15-18-6-4-3-5-7-18/h3-14H,15H2,1-2H3,(H,24,26). The molecular formula is C23H21NO4. The smallest absolute Gasteiger partial charge is 0.417 e. The predicted molar refractivity (Wildman–Crippen MR) is 108 cm³/mol. The lowest BCUT2D eigenvalue weighted by Gasteiger charge is -2.10.